The Balaban J connectivity index is 1.99. The van der Waals surface area contributed by atoms with E-state index in [0.717, 1.165) is 41.5 Å². The number of hydrogen-bond acceptors (Lipinski definition) is 5. The summed E-state index contributed by atoms with van der Waals surface area (Å²) in [4.78, 5) is 4.63. The third kappa shape index (κ3) is 2.59. The van der Waals surface area contributed by atoms with Gasteiger partial charge in [0.1, 0.15) is 5.75 Å². The van der Waals surface area contributed by atoms with Crippen molar-refractivity contribution in [3.8, 4) is 5.75 Å². The molecule has 5 heteroatoms. The van der Waals surface area contributed by atoms with E-state index in [0.29, 0.717) is 0 Å². The first kappa shape index (κ1) is 13.2. The number of benzene rings is 1. The molecule has 19 heavy (non-hydrogen) atoms. The molecule has 0 bridgehead atoms. The Labute approximate surface area is 125 Å². The minimum Gasteiger partial charge on any atom is -0.493 e. The van der Waals surface area contributed by atoms with Gasteiger partial charge in [0.25, 0.3) is 0 Å². The van der Waals surface area contributed by atoms with Gasteiger partial charge in [0, 0.05) is 11.5 Å². The average Bonchev–Trinajstić information content (AvgIpc) is 2.99. The van der Waals surface area contributed by atoms with Crippen molar-refractivity contribution in [3.63, 3.8) is 0 Å². The fourth-order valence-electron chi connectivity index (χ4n) is 2.10. The number of unbranched alkanes of at least 4 members (excludes halogenated alkanes) is 1. The van der Waals surface area contributed by atoms with Crippen molar-refractivity contribution in [2.45, 2.75) is 19.8 Å². The lowest BCUT2D eigenvalue weighted by Gasteiger charge is -2.07. The first-order valence-electron chi connectivity index (χ1n) is 6.30. The molecule has 0 saturated heterocycles. The van der Waals surface area contributed by atoms with Crippen LogP contribution in [0, 0.1) is 6.92 Å². The second kappa shape index (κ2) is 5.69. The van der Waals surface area contributed by atoms with Gasteiger partial charge in [0.05, 0.1) is 26.5 Å². The van der Waals surface area contributed by atoms with Crippen LogP contribution in [0.15, 0.2) is 17.5 Å². The second-order valence-corrected chi connectivity index (χ2v) is 7.00. The zero-order chi connectivity index (χ0) is 13.2. The Morgan fingerprint density at radius 1 is 1.37 bits per heavy atom. The smallest absolute Gasteiger partial charge is 0.129 e. The zero-order valence-electron chi connectivity index (χ0n) is 10.7. The summed E-state index contributed by atoms with van der Waals surface area (Å²) < 4.78 is 8.41. The van der Waals surface area contributed by atoms with Gasteiger partial charge in [-0.05, 0) is 37.0 Å². The third-order valence-corrected chi connectivity index (χ3v) is 5.13. The molecule has 3 aromatic rings. The Morgan fingerprint density at radius 3 is 3.11 bits per heavy atom. The molecule has 2 aromatic heterocycles. The largest absolute Gasteiger partial charge is 0.493 e. The number of thiol groups is 1. The SMILES string of the molecule is Cc1nc2c(cc(OCCCCS)c3ccsc32)s1. The molecule has 0 unspecified atom stereocenters. The Morgan fingerprint density at radius 2 is 2.26 bits per heavy atom. The van der Waals surface area contributed by atoms with E-state index >= 15 is 0 Å². The Kier molecular flexibility index (Phi) is 3.96. The van der Waals surface area contributed by atoms with Crippen molar-refractivity contribution < 1.29 is 4.74 Å². The maximum absolute atomic E-state index is 5.95. The quantitative estimate of drug-likeness (QED) is 0.534. The van der Waals surface area contributed by atoms with Gasteiger partial charge in [0.2, 0.25) is 0 Å². The summed E-state index contributed by atoms with van der Waals surface area (Å²) in [6, 6.07) is 4.26. The topological polar surface area (TPSA) is 22.1 Å². The van der Waals surface area contributed by atoms with E-state index in [1.165, 1.54) is 14.8 Å². The minimum atomic E-state index is 0.759. The fraction of sp³-hybridized carbons (Fsp3) is 0.357. The number of aromatic nitrogens is 1. The summed E-state index contributed by atoms with van der Waals surface area (Å²) in [6.07, 6.45) is 2.15. The summed E-state index contributed by atoms with van der Waals surface area (Å²) in [7, 11) is 0. The molecule has 2 heterocycles. The number of rotatable bonds is 5. The number of thiophene rings is 1. The Hall–Kier alpha value is -0.780. The first-order chi connectivity index (χ1) is 9.29. The molecule has 100 valence electrons. The van der Waals surface area contributed by atoms with E-state index in [4.69, 9.17) is 4.74 Å². The van der Waals surface area contributed by atoms with Crippen LogP contribution < -0.4 is 4.74 Å². The maximum atomic E-state index is 5.95. The van der Waals surface area contributed by atoms with Crippen LogP contribution in [0.25, 0.3) is 20.3 Å². The highest BCUT2D eigenvalue weighted by Gasteiger charge is 2.12. The lowest BCUT2D eigenvalue weighted by molar-refractivity contribution is 0.314. The summed E-state index contributed by atoms with van der Waals surface area (Å²) in [5, 5.41) is 4.41. The standard InChI is InChI=1S/C14H15NOS3/c1-9-15-13-12(19-9)8-11(16-5-2-3-6-17)10-4-7-18-14(10)13/h4,7-8,17H,2-3,5-6H2,1H3. The fourth-order valence-corrected chi connectivity index (χ4v) is 4.16. The van der Waals surface area contributed by atoms with Crippen molar-refractivity contribution in [2.75, 3.05) is 12.4 Å². The molecule has 0 amide bonds. The van der Waals surface area contributed by atoms with Crippen LogP contribution in [-0.4, -0.2) is 17.3 Å². The minimum absolute atomic E-state index is 0.759. The molecule has 0 N–H and O–H groups in total. The normalized spacial score (nSPS) is 11.5. The van der Waals surface area contributed by atoms with Gasteiger partial charge < -0.3 is 4.74 Å². The highest BCUT2D eigenvalue weighted by molar-refractivity contribution is 7.80. The lowest BCUT2D eigenvalue weighted by Crippen LogP contribution is -1.97. The Bertz CT molecular complexity index is 701. The first-order valence-corrected chi connectivity index (χ1v) is 8.63. The number of fused-ring (bicyclic) bond motifs is 3. The molecular formula is C14H15NOS3. The molecule has 0 aliphatic carbocycles. The van der Waals surface area contributed by atoms with Gasteiger partial charge in [-0.25, -0.2) is 4.98 Å². The molecule has 1 aromatic carbocycles. The molecule has 0 aliphatic rings. The van der Waals surface area contributed by atoms with Crippen LogP contribution in [0.1, 0.15) is 17.8 Å². The molecular weight excluding hydrogens is 294 g/mol. The summed E-state index contributed by atoms with van der Waals surface area (Å²) >= 11 is 7.69. The van der Waals surface area contributed by atoms with Crippen LogP contribution in [0.5, 0.6) is 5.75 Å². The van der Waals surface area contributed by atoms with E-state index in [1.807, 2.05) is 0 Å². The van der Waals surface area contributed by atoms with E-state index in [1.54, 1.807) is 22.7 Å². The number of ether oxygens (including phenoxy) is 1. The molecule has 0 atom stereocenters. The molecule has 0 saturated carbocycles. The maximum Gasteiger partial charge on any atom is 0.129 e. The van der Waals surface area contributed by atoms with Crippen molar-refractivity contribution in [2.24, 2.45) is 0 Å². The van der Waals surface area contributed by atoms with Crippen LogP contribution in [0.2, 0.25) is 0 Å². The van der Waals surface area contributed by atoms with Crippen molar-refractivity contribution in [1.29, 1.82) is 0 Å². The predicted molar refractivity (Wildman–Crippen MR) is 88.3 cm³/mol. The van der Waals surface area contributed by atoms with Gasteiger partial charge in [-0.3, -0.25) is 0 Å². The number of nitrogens with zero attached hydrogens (tertiary/aromatic N) is 1. The van der Waals surface area contributed by atoms with Gasteiger partial charge in [0.15, 0.2) is 0 Å². The molecule has 0 aliphatic heterocycles. The zero-order valence-corrected chi connectivity index (χ0v) is 13.2. The number of thiazole rings is 1. The predicted octanol–water partition coefficient (Wildman–Crippen LogP) is 4.91. The highest BCUT2D eigenvalue weighted by Crippen LogP contribution is 2.38. The van der Waals surface area contributed by atoms with Gasteiger partial charge in [-0.2, -0.15) is 12.6 Å². The second-order valence-electron chi connectivity index (χ2n) is 4.40. The van der Waals surface area contributed by atoms with E-state index < -0.39 is 0 Å². The van der Waals surface area contributed by atoms with Crippen LogP contribution in [-0.2, 0) is 0 Å². The van der Waals surface area contributed by atoms with Crippen molar-refractivity contribution in [3.05, 3.63) is 22.5 Å². The van der Waals surface area contributed by atoms with Crippen LogP contribution in [0.3, 0.4) is 0 Å². The van der Waals surface area contributed by atoms with Crippen LogP contribution in [0.4, 0.5) is 0 Å². The van der Waals surface area contributed by atoms with Crippen molar-refractivity contribution >= 4 is 55.6 Å². The van der Waals surface area contributed by atoms with E-state index in [-0.39, 0.29) is 0 Å². The third-order valence-electron chi connectivity index (χ3n) is 2.98. The average molecular weight is 309 g/mol. The number of hydrogen-bond donors (Lipinski definition) is 1. The summed E-state index contributed by atoms with van der Waals surface area (Å²) in [5.74, 6) is 1.91. The van der Waals surface area contributed by atoms with Gasteiger partial charge in [-0.15, -0.1) is 22.7 Å². The molecule has 0 spiro atoms. The molecule has 2 nitrogen and oxygen atoms in total. The number of aryl methyl sites for hydroxylation is 1. The molecule has 3 rings (SSSR count). The van der Waals surface area contributed by atoms with Gasteiger partial charge >= 0.3 is 0 Å². The van der Waals surface area contributed by atoms with E-state index in [9.17, 15) is 0 Å². The lowest BCUT2D eigenvalue weighted by atomic mass is 10.2. The summed E-state index contributed by atoms with van der Waals surface area (Å²) in [5.41, 5.74) is 1.12. The van der Waals surface area contributed by atoms with Crippen molar-refractivity contribution in [1.82, 2.24) is 4.98 Å². The van der Waals surface area contributed by atoms with Crippen LogP contribution >= 0.6 is 35.3 Å². The molecule has 0 fully saturated rings. The van der Waals surface area contributed by atoms with E-state index in [2.05, 4.69) is 42.0 Å². The monoisotopic (exact) mass is 309 g/mol. The van der Waals surface area contributed by atoms with Gasteiger partial charge in [-0.1, -0.05) is 0 Å². The summed E-state index contributed by atoms with van der Waals surface area (Å²) in [6.45, 7) is 2.81. The highest BCUT2D eigenvalue weighted by atomic mass is 32.1. The molecule has 0 radical (unpaired) electrons.